The molecule has 0 atom stereocenters. The van der Waals surface area contributed by atoms with Gasteiger partial charge in [-0.05, 0) is 30.7 Å². The van der Waals surface area contributed by atoms with Crippen molar-refractivity contribution in [2.45, 2.75) is 13.3 Å². The summed E-state index contributed by atoms with van der Waals surface area (Å²) in [7, 11) is -3.34. The Labute approximate surface area is 108 Å². The first-order chi connectivity index (χ1) is 8.55. The van der Waals surface area contributed by atoms with Gasteiger partial charge in [0.15, 0.2) is 0 Å². The Balaban J connectivity index is 3.08. The number of nitrogens with two attached hydrogens (primary N) is 1. The van der Waals surface area contributed by atoms with Gasteiger partial charge in [-0.15, -0.1) is 0 Å². The second kappa shape index (κ2) is 6.38. The summed E-state index contributed by atoms with van der Waals surface area (Å²) < 4.78 is 25.5. The Morgan fingerprint density at radius 3 is 2.39 bits per heavy atom. The van der Waals surface area contributed by atoms with Crippen molar-refractivity contribution in [1.82, 2.24) is 0 Å². The van der Waals surface area contributed by atoms with Gasteiger partial charge in [0.1, 0.15) is 0 Å². The molecule has 0 radical (unpaired) electrons. The van der Waals surface area contributed by atoms with Crippen LogP contribution in [0.3, 0.4) is 0 Å². The van der Waals surface area contributed by atoms with Gasteiger partial charge in [-0.25, -0.2) is 8.42 Å². The smallest absolute Gasteiger partial charge is 0.235 e. The van der Waals surface area contributed by atoms with Crippen LogP contribution >= 0.6 is 0 Å². The van der Waals surface area contributed by atoms with E-state index in [-0.39, 0.29) is 18.8 Å². The van der Waals surface area contributed by atoms with Gasteiger partial charge < -0.3 is 5.73 Å². The maximum absolute atomic E-state index is 12.1. The molecular weight excluding hydrogens is 250 g/mol. The fourth-order valence-electron chi connectivity index (χ4n) is 1.62. The zero-order valence-electron chi connectivity index (χ0n) is 10.3. The molecule has 2 N–H and O–H groups in total. The van der Waals surface area contributed by atoms with Crippen LogP contribution in [0.2, 0.25) is 0 Å². The van der Waals surface area contributed by atoms with Crippen LogP contribution in [0.25, 0.3) is 0 Å². The van der Waals surface area contributed by atoms with Gasteiger partial charge in [-0.3, -0.25) is 4.31 Å². The number of hydrogen-bond acceptors (Lipinski definition) is 4. The maximum atomic E-state index is 12.1. The molecule has 0 aromatic heterocycles. The molecule has 0 bridgehead atoms. The van der Waals surface area contributed by atoms with Gasteiger partial charge in [0.25, 0.3) is 0 Å². The molecule has 0 fully saturated rings. The molecule has 1 aromatic carbocycles. The third kappa shape index (κ3) is 3.45. The molecular formula is C12H17N3O2S. The number of benzene rings is 1. The highest BCUT2D eigenvalue weighted by Crippen LogP contribution is 2.19. The summed E-state index contributed by atoms with van der Waals surface area (Å²) in [5.41, 5.74) is 6.51. The summed E-state index contributed by atoms with van der Waals surface area (Å²) in [5, 5.41) is 8.71. The standard InChI is InChI=1S/C12H17N3O2S/c1-2-9-18(16,17)15(8-7-13)12-5-3-11(10-14)4-6-12/h3-6H,2,7-9,13H2,1H3. The lowest BCUT2D eigenvalue weighted by Crippen LogP contribution is -2.36. The largest absolute Gasteiger partial charge is 0.329 e. The normalized spacial score (nSPS) is 10.9. The van der Waals surface area contributed by atoms with Gasteiger partial charge in [-0.2, -0.15) is 5.26 Å². The summed E-state index contributed by atoms with van der Waals surface area (Å²) in [4.78, 5) is 0. The number of hydrogen-bond donors (Lipinski definition) is 1. The van der Waals surface area contributed by atoms with Crippen LogP contribution in [0.5, 0.6) is 0 Å². The van der Waals surface area contributed by atoms with Crippen LogP contribution in [-0.4, -0.2) is 27.3 Å². The van der Waals surface area contributed by atoms with E-state index in [1.54, 1.807) is 24.3 Å². The fraction of sp³-hybridized carbons (Fsp3) is 0.417. The third-order valence-corrected chi connectivity index (χ3v) is 4.40. The van der Waals surface area contributed by atoms with Crippen LogP contribution in [0.4, 0.5) is 5.69 Å². The van der Waals surface area contributed by atoms with Crippen molar-refractivity contribution in [1.29, 1.82) is 5.26 Å². The Kier molecular flexibility index (Phi) is 5.13. The fourth-order valence-corrected chi connectivity index (χ4v) is 3.18. The zero-order valence-corrected chi connectivity index (χ0v) is 11.2. The molecule has 0 heterocycles. The quantitative estimate of drug-likeness (QED) is 0.835. The van der Waals surface area contributed by atoms with Gasteiger partial charge >= 0.3 is 0 Å². The maximum Gasteiger partial charge on any atom is 0.235 e. The van der Waals surface area contributed by atoms with Crippen molar-refractivity contribution in [3.8, 4) is 6.07 Å². The predicted octanol–water partition coefficient (Wildman–Crippen LogP) is 1.06. The Morgan fingerprint density at radius 1 is 1.33 bits per heavy atom. The van der Waals surface area contributed by atoms with E-state index < -0.39 is 10.0 Å². The molecule has 0 saturated carbocycles. The van der Waals surface area contributed by atoms with E-state index in [2.05, 4.69) is 0 Å². The minimum Gasteiger partial charge on any atom is -0.329 e. The average Bonchev–Trinajstić information content (AvgIpc) is 2.36. The average molecular weight is 267 g/mol. The predicted molar refractivity (Wildman–Crippen MR) is 71.6 cm³/mol. The Hall–Kier alpha value is -1.58. The first-order valence-corrected chi connectivity index (χ1v) is 7.36. The summed E-state index contributed by atoms with van der Waals surface area (Å²) in [6, 6.07) is 8.44. The molecule has 98 valence electrons. The summed E-state index contributed by atoms with van der Waals surface area (Å²) in [6.07, 6.45) is 0.555. The molecule has 6 heteroatoms. The highest BCUT2D eigenvalue weighted by Gasteiger charge is 2.20. The highest BCUT2D eigenvalue weighted by molar-refractivity contribution is 7.92. The van der Waals surface area contributed by atoms with Gasteiger partial charge in [-0.1, -0.05) is 6.92 Å². The van der Waals surface area contributed by atoms with E-state index >= 15 is 0 Å². The minimum absolute atomic E-state index is 0.0903. The first-order valence-electron chi connectivity index (χ1n) is 5.75. The lowest BCUT2D eigenvalue weighted by Gasteiger charge is -2.23. The molecule has 1 aromatic rings. The lowest BCUT2D eigenvalue weighted by atomic mass is 10.2. The van der Waals surface area contributed by atoms with Crippen molar-refractivity contribution < 1.29 is 8.42 Å². The molecule has 0 saturated heterocycles. The number of nitriles is 1. The van der Waals surface area contributed by atoms with Crippen molar-refractivity contribution in [3.05, 3.63) is 29.8 Å². The monoisotopic (exact) mass is 267 g/mol. The number of anilines is 1. The van der Waals surface area contributed by atoms with Gasteiger partial charge in [0, 0.05) is 13.1 Å². The van der Waals surface area contributed by atoms with Crippen molar-refractivity contribution >= 4 is 15.7 Å². The zero-order chi connectivity index (χ0) is 13.6. The molecule has 0 spiro atoms. The summed E-state index contributed by atoms with van der Waals surface area (Å²) in [6.45, 7) is 2.31. The van der Waals surface area contributed by atoms with Crippen LogP contribution in [0, 0.1) is 11.3 Å². The van der Waals surface area contributed by atoms with E-state index in [1.807, 2.05) is 13.0 Å². The van der Waals surface area contributed by atoms with E-state index in [0.29, 0.717) is 17.7 Å². The van der Waals surface area contributed by atoms with Crippen LogP contribution in [-0.2, 0) is 10.0 Å². The van der Waals surface area contributed by atoms with Crippen LogP contribution in [0.1, 0.15) is 18.9 Å². The second-order valence-corrected chi connectivity index (χ2v) is 5.85. The van der Waals surface area contributed by atoms with Crippen molar-refractivity contribution in [2.24, 2.45) is 5.73 Å². The first kappa shape index (κ1) is 14.5. The van der Waals surface area contributed by atoms with Gasteiger partial charge in [0.2, 0.25) is 10.0 Å². The molecule has 0 unspecified atom stereocenters. The highest BCUT2D eigenvalue weighted by atomic mass is 32.2. The molecule has 0 aliphatic rings. The van der Waals surface area contributed by atoms with Crippen molar-refractivity contribution in [2.75, 3.05) is 23.1 Å². The Morgan fingerprint density at radius 2 is 1.94 bits per heavy atom. The SMILES string of the molecule is CCCS(=O)(=O)N(CCN)c1ccc(C#N)cc1. The molecule has 0 amide bonds. The minimum atomic E-state index is -3.34. The van der Waals surface area contributed by atoms with Crippen LogP contribution in [0.15, 0.2) is 24.3 Å². The van der Waals surface area contributed by atoms with Gasteiger partial charge in [0.05, 0.1) is 23.1 Å². The topological polar surface area (TPSA) is 87.2 Å². The van der Waals surface area contributed by atoms with E-state index in [0.717, 1.165) is 0 Å². The Bertz CT molecular complexity index is 517. The number of nitrogens with zero attached hydrogens (tertiary/aromatic N) is 2. The molecule has 1 rings (SSSR count). The summed E-state index contributed by atoms with van der Waals surface area (Å²) >= 11 is 0. The molecule has 5 nitrogen and oxygen atoms in total. The number of rotatable bonds is 6. The number of sulfonamides is 1. The molecule has 0 aliphatic heterocycles. The molecule has 18 heavy (non-hydrogen) atoms. The van der Waals surface area contributed by atoms with E-state index in [1.165, 1.54) is 4.31 Å². The molecule has 0 aliphatic carbocycles. The van der Waals surface area contributed by atoms with Crippen molar-refractivity contribution in [3.63, 3.8) is 0 Å². The van der Waals surface area contributed by atoms with E-state index in [9.17, 15) is 8.42 Å². The third-order valence-electron chi connectivity index (χ3n) is 2.41. The summed E-state index contributed by atoms with van der Waals surface area (Å²) in [5.74, 6) is 0.0903. The van der Waals surface area contributed by atoms with Crippen LogP contribution < -0.4 is 10.0 Å². The van der Waals surface area contributed by atoms with E-state index in [4.69, 9.17) is 11.0 Å². The lowest BCUT2D eigenvalue weighted by molar-refractivity contribution is 0.589. The second-order valence-electron chi connectivity index (χ2n) is 3.84.